The van der Waals surface area contributed by atoms with Crippen LogP contribution in [-0.4, -0.2) is 28.1 Å². The van der Waals surface area contributed by atoms with Gasteiger partial charge in [0.05, 0.1) is 5.69 Å². The fourth-order valence-electron chi connectivity index (χ4n) is 2.75. The number of hydrogen-bond acceptors (Lipinski definition) is 5. The molecule has 0 fully saturated rings. The minimum absolute atomic E-state index is 0.00636. The van der Waals surface area contributed by atoms with Crippen molar-refractivity contribution in [2.45, 2.75) is 45.8 Å². The van der Waals surface area contributed by atoms with Gasteiger partial charge in [-0.25, -0.2) is 14.1 Å². The van der Waals surface area contributed by atoms with Gasteiger partial charge in [0.25, 0.3) is 5.91 Å². The van der Waals surface area contributed by atoms with Crippen molar-refractivity contribution in [3.8, 4) is 0 Å². The van der Waals surface area contributed by atoms with E-state index in [-0.39, 0.29) is 6.01 Å². The van der Waals surface area contributed by atoms with E-state index in [2.05, 4.69) is 10.3 Å². The van der Waals surface area contributed by atoms with Crippen molar-refractivity contribution < 1.29 is 23.1 Å². The fraction of sp³-hybridized carbons (Fsp3) is 0.318. The van der Waals surface area contributed by atoms with Crippen molar-refractivity contribution in [1.82, 2.24) is 10.3 Å². The molecule has 0 saturated heterocycles. The highest BCUT2D eigenvalue weighted by atomic mass is 19.1. The molecule has 30 heavy (non-hydrogen) atoms. The minimum atomic E-state index is -1.38. The molecule has 0 aliphatic carbocycles. The summed E-state index contributed by atoms with van der Waals surface area (Å²) in [4.78, 5) is 31.3. The lowest BCUT2D eigenvalue weighted by Gasteiger charge is -2.31. The molecule has 1 heterocycles. The van der Waals surface area contributed by atoms with Crippen molar-refractivity contribution in [3.63, 3.8) is 0 Å². The largest absolute Gasteiger partial charge is 0.444 e. The number of halogens is 1. The molecule has 0 atom stereocenters. The molecule has 0 unspecified atom stereocenters. The maximum atomic E-state index is 13.5. The highest BCUT2D eigenvalue weighted by molar-refractivity contribution is 6.05. The molecule has 8 heteroatoms. The van der Waals surface area contributed by atoms with Crippen LogP contribution in [0.2, 0.25) is 0 Å². The highest BCUT2D eigenvalue weighted by Gasteiger charge is 2.38. The Labute approximate surface area is 173 Å². The van der Waals surface area contributed by atoms with Crippen molar-refractivity contribution in [1.29, 1.82) is 0 Å². The Kier molecular flexibility index (Phi) is 5.52. The van der Waals surface area contributed by atoms with E-state index in [0.717, 1.165) is 0 Å². The van der Waals surface area contributed by atoms with Gasteiger partial charge in [0.2, 0.25) is 0 Å². The zero-order valence-electron chi connectivity index (χ0n) is 17.5. The summed E-state index contributed by atoms with van der Waals surface area (Å²) in [5, 5.41) is 2.58. The molecule has 3 aromatic rings. The summed E-state index contributed by atoms with van der Waals surface area (Å²) < 4.78 is 24.5. The van der Waals surface area contributed by atoms with Crippen molar-refractivity contribution in [2.75, 3.05) is 4.90 Å². The van der Waals surface area contributed by atoms with Crippen LogP contribution in [0.25, 0.3) is 11.1 Å². The van der Waals surface area contributed by atoms with Crippen LogP contribution in [0.1, 0.15) is 34.6 Å². The Morgan fingerprint density at radius 3 is 2.27 bits per heavy atom. The number of nitrogens with zero attached hydrogens (tertiary/aromatic N) is 2. The predicted octanol–water partition coefficient (Wildman–Crippen LogP) is 4.93. The third-order valence-electron chi connectivity index (χ3n) is 4.11. The molecule has 0 aliphatic rings. The molecule has 1 N–H and O–H groups in total. The summed E-state index contributed by atoms with van der Waals surface area (Å²) in [6.07, 6.45) is -0.738. The van der Waals surface area contributed by atoms with Crippen molar-refractivity contribution >= 4 is 34.8 Å². The Morgan fingerprint density at radius 2 is 1.67 bits per heavy atom. The number of hydrogen-bond donors (Lipinski definition) is 1. The number of alkyl carbamates (subject to hydrolysis) is 1. The summed E-state index contributed by atoms with van der Waals surface area (Å²) in [6.45, 7) is 8.26. The van der Waals surface area contributed by atoms with E-state index in [9.17, 15) is 14.0 Å². The molecule has 158 valence electrons. The molecule has 3 rings (SSSR count). The fourth-order valence-corrected chi connectivity index (χ4v) is 2.75. The van der Waals surface area contributed by atoms with Crippen LogP contribution in [0.5, 0.6) is 0 Å². The lowest BCUT2D eigenvalue weighted by Crippen LogP contribution is -2.56. The van der Waals surface area contributed by atoms with E-state index in [0.29, 0.717) is 16.8 Å². The van der Waals surface area contributed by atoms with Crippen LogP contribution in [0.15, 0.2) is 52.9 Å². The van der Waals surface area contributed by atoms with Gasteiger partial charge in [-0.15, -0.1) is 0 Å². The molecule has 0 aliphatic heterocycles. The second-order valence-corrected chi connectivity index (χ2v) is 8.33. The predicted molar refractivity (Wildman–Crippen MR) is 111 cm³/mol. The summed E-state index contributed by atoms with van der Waals surface area (Å²) in [6, 6.07) is 12.4. The van der Waals surface area contributed by atoms with Crippen LogP contribution < -0.4 is 10.2 Å². The number of aromatic nitrogens is 1. The van der Waals surface area contributed by atoms with Gasteiger partial charge in [-0.1, -0.05) is 12.1 Å². The van der Waals surface area contributed by atoms with Gasteiger partial charge in [-0.05, 0) is 71.0 Å². The minimum Gasteiger partial charge on any atom is -0.444 e. The van der Waals surface area contributed by atoms with Gasteiger partial charge in [-0.2, -0.15) is 4.98 Å². The highest BCUT2D eigenvalue weighted by Crippen LogP contribution is 2.31. The molecule has 0 saturated carbocycles. The summed E-state index contributed by atoms with van der Waals surface area (Å²) in [5.41, 5.74) is -0.708. The number of anilines is 2. The lowest BCUT2D eigenvalue weighted by atomic mass is 10.0. The third-order valence-corrected chi connectivity index (χ3v) is 4.11. The summed E-state index contributed by atoms with van der Waals surface area (Å²) in [7, 11) is 0. The SMILES string of the molecule is CC(C)(C)OC(=O)NC(C)(C)C(=O)N(c1ccc(F)cc1)c1nc2ccccc2o1. The number of fused-ring (bicyclic) bond motifs is 1. The van der Waals surface area contributed by atoms with Crippen LogP contribution in [0.3, 0.4) is 0 Å². The molecular formula is C22H24FN3O4. The molecule has 0 radical (unpaired) electrons. The summed E-state index contributed by atoms with van der Waals surface area (Å²) >= 11 is 0. The quantitative estimate of drug-likeness (QED) is 0.655. The third kappa shape index (κ3) is 4.76. The topological polar surface area (TPSA) is 84.7 Å². The van der Waals surface area contributed by atoms with E-state index in [1.807, 2.05) is 0 Å². The number of oxazole rings is 1. The van der Waals surface area contributed by atoms with Gasteiger partial charge in [-0.3, -0.25) is 4.79 Å². The number of nitrogens with one attached hydrogen (secondary N) is 1. The number of carbonyl (C=O) groups is 2. The second kappa shape index (κ2) is 7.78. The standard InChI is InChI=1S/C22H24FN3O4/c1-21(2,3)30-20(28)25-22(4,5)18(27)26(15-12-10-14(23)11-13-15)19-24-16-8-6-7-9-17(16)29-19/h6-13H,1-5H3,(H,25,28). The Balaban J connectivity index is 1.99. The second-order valence-electron chi connectivity index (χ2n) is 8.33. The number of benzene rings is 2. The molecule has 2 amide bonds. The Hall–Kier alpha value is -3.42. The molecule has 7 nitrogen and oxygen atoms in total. The van der Waals surface area contributed by atoms with Crippen molar-refractivity contribution in [3.05, 3.63) is 54.3 Å². The first kappa shape index (κ1) is 21.3. The normalized spacial score (nSPS) is 11.9. The zero-order valence-corrected chi connectivity index (χ0v) is 17.5. The summed E-state index contributed by atoms with van der Waals surface area (Å²) in [5.74, 6) is -0.985. The van der Waals surface area contributed by atoms with Gasteiger partial charge >= 0.3 is 12.1 Å². The number of carbonyl (C=O) groups excluding carboxylic acids is 2. The number of ether oxygens (including phenoxy) is 1. The van der Waals surface area contributed by atoms with Crippen molar-refractivity contribution in [2.24, 2.45) is 0 Å². The van der Waals surface area contributed by atoms with E-state index >= 15 is 0 Å². The monoisotopic (exact) mass is 413 g/mol. The van der Waals surface area contributed by atoms with E-state index < -0.39 is 29.0 Å². The van der Waals surface area contributed by atoms with Gasteiger partial charge in [0.15, 0.2) is 5.58 Å². The Morgan fingerprint density at radius 1 is 1.03 bits per heavy atom. The number of rotatable bonds is 4. The van der Waals surface area contributed by atoms with Gasteiger partial charge in [0.1, 0.15) is 22.5 Å². The first-order valence-electron chi connectivity index (χ1n) is 9.43. The van der Waals surface area contributed by atoms with Crippen LogP contribution in [0.4, 0.5) is 20.9 Å². The van der Waals surface area contributed by atoms with E-state index in [4.69, 9.17) is 9.15 Å². The molecular weight excluding hydrogens is 389 g/mol. The molecule has 0 spiro atoms. The average molecular weight is 413 g/mol. The first-order chi connectivity index (χ1) is 14.0. The van der Waals surface area contributed by atoms with Crippen LogP contribution in [0, 0.1) is 5.82 Å². The molecule has 2 aromatic carbocycles. The van der Waals surface area contributed by atoms with E-state index in [1.54, 1.807) is 58.9 Å². The smallest absolute Gasteiger partial charge is 0.408 e. The molecule has 1 aromatic heterocycles. The maximum Gasteiger partial charge on any atom is 0.408 e. The van der Waals surface area contributed by atoms with Gasteiger partial charge in [0, 0.05) is 0 Å². The van der Waals surface area contributed by atoms with Crippen LogP contribution >= 0.6 is 0 Å². The number of para-hydroxylation sites is 2. The first-order valence-corrected chi connectivity index (χ1v) is 9.43. The van der Waals surface area contributed by atoms with Gasteiger partial charge < -0.3 is 14.5 Å². The lowest BCUT2D eigenvalue weighted by molar-refractivity contribution is -0.123. The Bertz CT molecular complexity index is 1030. The molecule has 0 bridgehead atoms. The number of amides is 2. The van der Waals surface area contributed by atoms with Crippen LogP contribution in [-0.2, 0) is 9.53 Å². The maximum absolute atomic E-state index is 13.5. The average Bonchev–Trinajstić information content (AvgIpc) is 3.04. The zero-order chi connectivity index (χ0) is 22.1. The van der Waals surface area contributed by atoms with E-state index in [1.165, 1.54) is 29.2 Å².